The molecule has 9 nitrogen and oxygen atoms in total. The number of alkyl halides is 3. The summed E-state index contributed by atoms with van der Waals surface area (Å²) in [6.07, 6.45) is -6.76. The number of thiophene rings is 1. The molecule has 13 heteroatoms. The van der Waals surface area contributed by atoms with E-state index >= 15 is 0 Å². The number of aryl methyl sites for hydroxylation is 1. The van der Waals surface area contributed by atoms with Crippen molar-refractivity contribution in [3.05, 3.63) is 52.5 Å². The van der Waals surface area contributed by atoms with Crippen LogP contribution in [-0.2, 0) is 17.7 Å². The number of aliphatic hydroxyl groups excluding tert-OH is 1. The van der Waals surface area contributed by atoms with Crippen molar-refractivity contribution in [2.75, 3.05) is 26.9 Å². The molecule has 0 spiro atoms. The minimum Gasteiger partial charge on any atom is -0.496 e. The van der Waals surface area contributed by atoms with Crippen LogP contribution in [0.5, 0.6) is 5.75 Å². The Balaban J connectivity index is 1.47. The summed E-state index contributed by atoms with van der Waals surface area (Å²) in [6, 6.07) is 11.0. The Bertz CT molecular complexity index is 1640. The molecule has 3 aliphatic rings. The third-order valence-corrected chi connectivity index (χ3v) is 9.62. The van der Waals surface area contributed by atoms with Crippen LogP contribution >= 0.6 is 11.3 Å². The van der Waals surface area contributed by atoms with Gasteiger partial charge in [-0.3, -0.25) is 9.59 Å². The first-order valence-corrected chi connectivity index (χ1v) is 14.7. The van der Waals surface area contributed by atoms with Crippen LogP contribution in [0.4, 0.5) is 13.2 Å². The van der Waals surface area contributed by atoms with Crippen molar-refractivity contribution in [2.45, 2.75) is 56.1 Å². The van der Waals surface area contributed by atoms with Gasteiger partial charge in [0.25, 0.3) is 11.8 Å². The first-order valence-electron chi connectivity index (χ1n) is 13.8. The molecule has 2 aromatic heterocycles. The number of rotatable bonds is 6. The third kappa shape index (κ3) is 4.68. The number of halogens is 3. The molecule has 3 aromatic rings. The Hall–Kier alpha value is -3.86. The lowest BCUT2D eigenvalue weighted by atomic mass is 9.90. The van der Waals surface area contributed by atoms with E-state index in [4.69, 9.17) is 9.47 Å². The summed E-state index contributed by atoms with van der Waals surface area (Å²) in [5.74, 6) is -0.785. The van der Waals surface area contributed by atoms with Crippen LogP contribution in [0.25, 0.3) is 21.7 Å². The average Bonchev–Trinajstić information content (AvgIpc) is 3.72. The number of fused-ring (bicyclic) bond motifs is 3. The predicted molar refractivity (Wildman–Crippen MR) is 151 cm³/mol. The van der Waals surface area contributed by atoms with Crippen molar-refractivity contribution < 1.29 is 37.3 Å². The summed E-state index contributed by atoms with van der Waals surface area (Å²) in [7, 11) is 1.45. The summed E-state index contributed by atoms with van der Waals surface area (Å²) < 4.78 is 53.5. The van der Waals surface area contributed by atoms with Gasteiger partial charge in [0, 0.05) is 29.1 Å². The normalized spacial score (nSPS) is 21.3. The molecule has 226 valence electrons. The van der Waals surface area contributed by atoms with E-state index in [1.807, 2.05) is 17.5 Å². The second-order valence-electron chi connectivity index (χ2n) is 11.4. The summed E-state index contributed by atoms with van der Waals surface area (Å²) >= 11 is 1.45. The van der Waals surface area contributed by atoms with Crippen molar-refractivity contribution >= 4 is 23.2 Å². The maximum Gasteiger partial charge on any atom is 0.416 e. The predicted octanol–water partition coefficient (Wildman–Crippen LogP) is 4.39. The molecule has 2 saturated heterocycles. The number of aliphatic hydroxyl groups is 1. The summed E-state index contributed by atoms with van der Waals surface area (Å²) in [5, 5.41) is 24.5. The van der Waals surface area contributed by atoms with Gasteiger partial charge in [0.1, 0.15) is 11.4 Å². The molecule has 0 bridgehead atoms. The number of amides is 2. The monoisotopic (exact) mass is 614 g/mol. The Morgan fingerprint density at radius 1 is 1.23 bits per heavy atom. The van der Waals surface area contributed by atoms with Gasteiger partial charge in [0.05, 0.1) is 43.2 Å². The second-order valence-corrected chi connectivity index (χ2v) is 12.3. The number of methoxy groups -OCH3 is 1. The highest BCUT2D eigenvalue weighted by atomic mass is 32.1. The number of nitrogens with one attached hydrogen (secondary N) is 1. The van der Waals surface area contributed by atoms with Crippen molar-refractivity contribution in [1.29, 1.82) is 5.26 Å². The highest BCUT2D eigenvalue weighted by Gasteiger charge is 2.56. The minimum atomic E-state index is -4.89. The molecule has 43 heavy (non-hydrogen) atoms. The zero-order valence-electron chi connectivity index (χ0n) is 23.5. The van der Waals surface area contributed by atoms with Crippen LogP contribution in [0.2, 0.25) is 0 Å². The van der Waals surface area contributed by atoms with Gasteiger partial charge in [-0.05, 0) is 61.4 Å². The maximum atomic E-state index is 14.1. The van der Waals surface area contributed by atoms with Gasteiger partial charge in [-0.2, -0.15) is 18.4 Å². The number of benzene rings is 1. The second kappa shape index (κ2) is 10.4. The number of hydrogen-bond donors (Lipinski definition) is 2. The Kier molecular flexibility index (Phi) is 7.06. The molecule has 6 rings (SSSR count). The topological polar surface area (TPSA) is 117 Å². The van der Waals surface area contributed by atoms with Gasteiger partial charge in [0.15, 0.2) is 11.6 Å². The van der Waals surface area contributed by atoms with Crippen LogP contribution < -0.4 is 10.1 Å². The molecule has 2 fully saturated rings. The molecule has 2 atom stereocenters. The first kappa shape index (κ1) is 29.2. The minimum absolute atomic E-state index is 0.0150. The van der Waals surface area contributed by atoms with Gasteiger partial charge in [0.2, 0.25) is 0 Å². The Labute approximate surface area is 249 Å². The highest BCUT2D eigenvalue weighted by molar-refractivity contribution is 7.13. The number of ether oxygens (including phenoxy) is 2. The number of carbonyl (C=O) groups is 2. The van der Waals surface area contributed by atoms with Crippen molar-refractivity contribution in [3.8, 4) is 33.5 Å². The fraction of sp³-hybridized carbons (Fsp3) is 0.433. The van der Waals surface area contributed by atoms with Crippen molar-refractivity contribution in [3.63, 3.8) is 0 Å². The van der Waals surface area contributed by atoms with Crippen molar-refractivity contribution in [2.24, 2.45) is 0 Å². The van der Waals surface area contributed by atoms with Gasteiger partial charge in [-0.15, -0.1) is 11.3 Å². The average molecular weight is 615 g/mol. The molecule has 0 aliphatic carbocycles. The van der Waals surface area contributed by atoms with Gasteiger partial charge < -0.3 is 29.4 Å². The summed E-state index contributed by atoms with van der Waals surface area (Å²) in [4.78, 5) is 29.5. The standard InChI is InChI=1S/C30H29F3N4O5S/c1-28(27(40)30(31,32)33)7-4-8-37(28)26(39)21-13-20(23-5-3-10-43-23)24-18-12-19(25(38)35-29(14-34)15-42-16-29)22(41-2)11-17(18)6-9-36(21)24/h3,5,10-13,27,40H,4,6-9,15-16H2,1-2H3,(H,35,38)/t27-,28+/m0/s1. The lowest BCUT2D eigenvalue weighted by Gasteiger charge is -2.40. The molecule has 0 radical (unpaired) electrons. The Morgan fingerprint density at radius 3 is 2.60 bits per heavy atom. The van der Waals surface area contributed by atoms with E-state index in [-0.39, 0.29) is 37.4 Å². The SMILES string of the molecule is COc1cc2c(cc1C(=O)NC1(C#N)COC1)-c1c(-c3cccs3)cc(C(=O)N3CCC[C@]3(C)[C@H](O)C(F)(F)F)n1CC2. The lowest BCUT2D eigenvalue weighted by molar-refractivity contribution is -0.232. The summed E-state index contributed by atoms with van der Waals surface area (Å²) in [6.45, 7) is 1.87. The Morgan fingerprint density at radius 2 is 2.00 bits per heavy atom. The number of nitrogens with zero attached hydrogens (tertiary/aromatic N) is 3. The number of carbonyl (C=O) groups excluding carboxylic acids is 2. The fourth-order valence-electron chi connectivity index (χ4n) is 6.35. The smallest absolute Gasteiger partial charge is 0.416 e. The van der Waals surface area contributed by atoms with Crippen LogP contribution in [0.3, 0.4) is 0 Å². The number of hydrogen-bond acceptors (Lipinski definition) is 7. The maximum absolute atomic E-state index is 14.1. The van der Waals surface area contributed by atoms with Crippen molar-refractivity contribution in [1.82, 2.24) is 14.8 Å². The third-order valence-electron chi connectivity index (χ3n) is 8.72. The molecule has 2 N–H and O–H groups in total. The summed E-state index contributed by atoms with van der Waals surface area (Å²) in [5.41, 5.74) is 0.370. The van der Waals surface area contributed by atoms with Gasteiger partial charge in [-0.25, -0.2) is 0 Å². The van der Waals surface area contributed by atoms with E-state index in [9.17, 15) is 33.1 Å². The molecular weight excluding hydrogens is 585 g/mol. The van der Waals surface area contributed by atoms with Gasteiger partial charge >= 0.3 is 6.18 Å². The van der Waals surface area contributed by atoms with E-state index in [2.05, 4.69) is 11.4 Å². The molecular formula is C30H29F3N4O5S. The van der Waals surface area contributed by atoms with Crippen LogP contribution in [0.15, 0.2) is 35.7 Å². The van der Waals surface area contributed by atoms with E-state index in [0.29, 0.717) is 42.0 Å². The van der Waals surface area contributed by atoms with Gasteiger partial charge in [-0.1, -0.05) is 6.07 Å². The molecule has 3 aliphatic heterocycles. The molecule has 1 aromatic carbocycles. The van der Waals surface area contributed by atoms with E-state index in [0.717, 1.165) is 15.3 Å². The largest absolute Gasteiger partial charge is 0.496 e. The van der Waals surface area contributed by atoms with Crippen LogP contribution in [-0.4, -0.2) is 76.6 Å². The first-order chi connectivity index (χ1) is 20.4. The number of nitriles is 1. The van der Waals surface area contributed by atoms with Crippen LogP contribution in [0, 0.1) is 11.3 Å². The van der Waals surface area contributed by atoms with E-state index < -0.39 is 35.2 Å². The molecule has 0 unspecified atom stereocenters. The molecule has 5 heterocycles. The zero-order valence-corrected chi connectivity index (χ0v) is 24.3. The zero-order chi connectivity index (χ0) is 30.7. The quantitative estimate of drug-likeness (QED) is 0.426. The number of likely N-dealkylation sites (tertiary alicyclic amines) is 1. The number of aromatic nitrogens is 1. The van der Waals surface area contributed by atoms with E-state index in [1.54, 1.807) is 22.8 Å². The molecule has 0 saturated carbocycles. The van der Waals surface area contributed by atoms with Crippen LogP contribution in [0.1, 0.15) is 46.2 Å². The molecule has 2 amide bonds. The highest BCUT2D eigenvalue weighted by Crippen LogP contribution is 2.45. The lowest BCUT2D eigenvalue weighted by Crippen LogP contribution is -2.61. The fourth-order valence-corrected chi connectivity index (χ4v) is 7.09. The van der Waals surface area contributed by atoms with E-state index in [1.165, 1.54) is 25.4 Å².